The van der Waals surface area contributed by atoms with Gasteiger partial charge in [0.05, 0.1) is 13.2 Å². The molecule has 0 bridgehead atoms. The second-order valence-electron chi connectivity index (χ2n) is 4.93. The van der Waals surface area contributed by atoms with Gasteiger partial charge in [-0.05, 0) is 26.3 Å². The average molecular weight is 263 g/mol. The molecular formula is C10H21N3O3S. The summed E-state index contributed by atoms with van der Waals surface area (Å²) in [5.74, 6) is 0. The largest absolute Gasteiger partial charge is 0.379 e. The molecule has 0 aliphatic carbocycles. The molecule has 0 aromatic carbocycles. The molecule has 1 atom stereocenters. The van der Waals surface area contributed by atoms with Crippen molar-refractivity contribution >= 4 is 10.2 Å². The lowest BCUT2D eigenvalue weighted by Gasteiger charge is -2.29. The molecule has 2 saturated heterocycles. The van der Waals surface area contributed by atoms with Gasteiger partial charge < -0.3 is 10.1 Å². The van der Waals surface area contributed by atoms with Gasteiger partial charge in [-0.2, -0.15) is 12.7 Å². The van der Waals surface area contributed by atoms with E-state index in [0.717, 1.165) is 19.4 Å². The number of nitrogens with one attached hydrogen (secondary N) is 2. The molecular weight excluding hydrogens is 242 g/mol. The van der Waals surface area contributed by atoms with E-state index in [4.69, 9.17) is 4.74 Å². The molecule has 6 nitrogen and oxygen atoms in total. The fraction of sp³-hybridized carbons (Fsp3) is 1.00. The van der Waals surface area contributed by atoms with Crippen molar-refractivity contribution in [3.8, 4) is 0 Å². The van der Waals surface area contributed by atoms with E-state index in [-0.39, 0.29) is 5.54 Å². The molecule has 0 spiro atoms. The summed E-state index contributed by atoms with van der Waals surface area (Å²) in [6.07, 6.45) is 2.12. The minimum atomic E-state index is -3.35. The third-order valence-electron chi connectivity index (χ3n) is 3.41. The Morgan fingerprint density at radius 1 is 1.41 bits per heavy atom. The monoisotopic (exact) mass is 263 g/mol. The van der Waals surface area contributed by atoms with Gasteiger partial charge >= 0.3 is 0 Å². The third-order valence-corrected chi connectivity index (χ3v) is 4.97. The highest BCUT2D eigenvalue weighted by atomic mass is 32.2. The van der Waals surface area contributed by atoms with Gasteiger partial charge in [0.1, 0.15) is 0 Å². The topological polar surface area (TPSA) is 70.7 Å². The van der Waals surface area contributed by atoms with Gasteiger partial charge in [-0.25, -0.2) is 4.72 Å². The van der Waals surface area contributed by atoms with Crippen molar-refractivity contribution in [2.45, 2.75) is 25.3 Å². The summed E-state index contributed by atoms with van der Waals surface area (Å²) in [5.41, 5.74) is -0.0979. The van der Waals surface area contributed by atoms with Crippen LogP contribution in [0.3, 0.4) is 0 Å². The minimum absolute atomic E-state index is 0.0979. The zero-order valence-electron chi connectivity index (χ0n) is 10.2. The van der Waals surface area contributed by atoms with Crippen LogP contribution in [0.1, 0.15) is 19.8 Å². The van der Waals surface area contributed by atoms with E-state index in [2.05, 4.69) is 17.0 Å². The standard InChI is InChI=1S/C10H21N3O3S/c1-10(3-2-4-11-10)9-12-17(14,15)13-5-7-16-8-6-13/h11-12H,2-9H2,1H3. The number of hydrogen-bond donors (Lipinski definition) is 2. The summed E-state index contributed by atoms with van der Waals surface area (Å²) in [6, 6.07) is 0. The van der Waals surface area contributed by atoms with Crippen molar-refractivity contribution in [3.63, 3.8) is 0 Å². The van der Waals surface area contributed by atoms with E-state index in [0.29, 0.717) is 32.8 Å². The maximum Gasteiger partial charge on any atom is 0.279 e. The fourth-order valence-electron chi connectivity index (χ4n) is 2.24. The molecule has 0 aromatic rings. The van der Waals surface area contributed by atoms with Crippen LogP contribution in [0.15, 0.2) is 0 Å². The van der Waals surface area contributed by atoms with Crippen LogP contribution in [0.2, 0.25) is 0 Å². The summed E-state index contributed by atoms with van der Waals surface area (Å²) in [6.45, 7) is 5.33. The van der Waals surface area contributed by atoms with E-state index in [1.807, 2.05) is 0 Å². The molecule has 7 heteroatoms. The first-order valence-electron chi connectivity index (χ1n) is 6.09. The lowest BCUT2D eigenvalue weighted by atomic mass is 10.0. The quantitative estimate of drug-likeness (QED) is 0.703. The van der Waals surface area contributed by atoms with E-state index in [9.17, 15) is 8.42 Å². The molecule has 0 radical (unpaired) electrons. The first-order chi connectivity index (χ1) is 8.02. The average Bonchev–Trinajstić information content (AvgIpc) is 2.76. The number of ether oxygens (including phenoxy) is 1. The minimum Gasteiger partial charge on any atom is -0.379 e. The van der Waals surface area contributed by atoms with E-state index in [1.54, 1.807) is 0 Å². The number of nitrogens with zero attached hydrogens (tertiary/aromatic N) is 1. The number of morpholine rings is 1. The fourth-order valence-corrected chi connectivity index (χ4v) is 3.55. The van der Waals surface area contributed by atoms with Crippen LogP contribution < -0.4 is 10.0 Å². The summed E-state index contributed by atoms with van der Waals surface area (Å²) >= 11 is 0. The van der Waals surface area contributed by atoms with Crippen molar-refractivity contribution in [1.82, 2.24) is 14.3 Å². The smallest absolute Gasteiger partial charge is 0.279 e. The normalized spacial score (nSPS) is 31.8. The Hall–Kier alpha value is -0.210. The van der Waals surface area contributed by atoms with Gasteiger partial charge in [-0.3, -0.25) is 0 Å². The molecule has 0 aromatic heterocycles. The van der Waals surface area contributed by atoms with Crippen molar-refractivity contribution in [2.24, 2.45) is 0 Å². The SMILES string of the molecule is CC1(CNS(=O)(=O)N2CCOCC2)CCCN1. The molecule has 1 unspecified atom stereocenters. The summed E-state index contributed by atoms with van der Waals surface area (Å²) in [5, 5.41) is 3.34. The van der Waals surface area contributed by atoms with Gasteiger partial charge in [-0.1, -0.05) is 0 Å². The molecule has 2 rings (SSSR count). The maximum atomic E-state index is 12.0. The second kappa shape index (κ2) is 5.19. The Morgan fingerprint density at radius 2 is 2.12 bits per heavy atom. The van der Waals surface area contributed by atoms with Crippen LogP contribution in [0, 0.1) is 0 Å². The van der Waals surface area contributed by atoms with Gasteiger partial charge in [0, 0.05) is 25.2 Å². The van der Waals surface area contributed by atoms with Crippen LogP contribution in [0.5, 0.6) is 0 Å². The van der Waals surface area contributed by atoms with Crippen molar-refractivity contribution in [1.29, 1.82) is 0 Å². The number of rotatable bonds is 4. The summed E-state index contributed by atoms with van der Waals surface area (Å²) in [7, 11) is -3.35. The lowest BCUT2D eigenvalue weighted by Crippen LogP contribution is -2.52. The molecule has 2 aliphatic heterocycles. The van der Waals surface area contributed by atoms with Crippen LogP contribution in [-0.4, -0.2) is 57.7 Å². The first kappa shape index (κ1) is 13.2. The van der Waals surface area contributed by atoms with Crippen molar-refractivity contribution in [2.75, 3.05) is 39.4 Å². The Kier molecular flexibility index (Phi) is 4.04. The molecule has 0 amide bonds. The summed E-state index contributed by atoms with van der Waals surface area (Å²) < 4.78 is 33.3. The highest BCUT2D eigenvalue weighted by Crippen LogP contribution is 2.17. The third kappa shape index (κ3) is 3.38. The number of hydrogen-bond acceptors (Lipinski definition) is 4. The predicted molar refractivity (Wildman–Crippen MR) is 65.0 cm³/mol. The Balaban J connectivity index is 1.88. The Bertz CT molecular complexity index is 346. The molecule has 2 aliphatic rings. The zero-order chi connectivity index (χ0) is 12.4. The van der Waals surface area contributed by atoms with E-state index in [1.165, 1.54) is 4.31 Å². The highest BCUT2D eigenvalue weighted by molar-refractivity contribution is 7.87. The second-order valence-corrected chi connectivity index (χ2v) is 6.68. The van der Waals surface area contributed by atoms with Crippen LogP contribution in [0.25, 0.3) is 0 Å². The molecule has 0 saturated carbocycles. The predicted octanol–water partition coefficient (Wildman–Crippen LogP) is -0.705. The van der Waals surface area contributed by atoms with Crippen LogP contribution in [0.4, 0.5) is 0 Å². The van der Waals surface area contributed by atoms with Crippen LogP contribution in [-0.2, 0) is 14.9 Å². The maximum absolute atomic E-state index is 12.0. The first-order valence-corrected chi connectivity index (χ1v) is 7.53. The van der Waals surface area contributed by atoms with Gasteiger partial charge in [0.25, 0.3) is 10.2 Å². The van der Waals surface area contributed by atoms with Gasteiger partial charge in [0.2, 0.25) is 0 Å². The van der Waals surface area contributed by atoms with E-state index < -0.39 is 10.2 Å². The van der Waals surface area contributed by atoms with Crippen molar-refractivity contribution < 1.29 is 13.2 Å². The Morgan fingerprint density at radius 3 is 2.71 bits per heavy atom. The van der Waals surface area contributed by atoms with E-state index >= 15 is 0 Å². The molecule has 17 heavy (non-hydrogen) atoms. The highest BCUT2D eigenvalue weighted by Gasteiger charge is 2.31. The molecule has 2 fully saturated rings. The molecule has 2 N–H and O–H groups in total. The van der Waals surface area contributed by atoms with Crippen LogP contribution >= 0.6 is 0 Å². The van der Waals surface area contributed by atoms with Gasteiger partial charge in [-0.15, -0.1) is 0 Å². The molecule has 100 valence electrons. The Labute approximate surface area is 103 Å². The summed E-state index contributed by atoms with van der Waals surface area (Å²) in [4.78, 5) is 0. The van der Waals surface area contributed by atoms with Crippen molar-refractivity contribution in [3.05, 3.63) is 0 Å². The van der Waals surface area contributed by atoms with Gasteiger partial charge in [0.15, 0.2) is 0 Å². The molecule has 2 heterocycles. The zero-order valence-corrected chi connectivity index (χ0v) is 11.1. The lowest BCUT2D eigenvalue weighted by molar-refractivity contribution is 0.0724.